The summed E-state index contributed by atoms with van der Waals surface area (Å²) < 4.78 is 64.4. The molecule has 0 spiro atoms. The Morgan fingerprint density at radius 2 is 1.65 bits per heavy atom. The van der Waals surface area contributed by atoms with Crippen molar-refractivity contribution in [2.75, 3.05) is 0 Å². The smallest absolute Gasteiger partial charge is 0.294 e. The van der Waals surface area contributed by atoms with Crippen molar-refractivity contribution >= 4 is 26.3 Å². The predicted octanol–water partition coefficient (Wildman–Crippen LogP) is 1.31. The molecule has 0 radical (unpaired) electrons. The quantitative estimate of drug-likeness (QED) is 0.565. The first-order valence-electron chi connectivity index (χ1n) is 7.30. The molecule has 8 nitrogen and oxygen atoms in total. The van der Waals surface area contributed by atoms with Gasteiger partial charge in [-0.05, 0) is 23.3 Å². The van der Waals surface area contributed by atoms with Crippen LogP contribution in [0.4, 0.5) is 0 Å². The highest BCUT2D eigenvalue weighted by molar-refractivity contribution is 7.86. The summed E-state index contributed by atoms with van der Waals surface area (Å²) in [5.41, 5.74) is 5.71. The van der Waals surface area contributed by atoms with Gasteiger partial charge in [-0.15, -0.1) is 0 Å². The standard InChI is InChI=1S/C16H15NO7S2/c17-16(13-3-1-2-4-15(13)26(22,23)24)6-5-10-7-11(25(19,20)21)8-14(18)12(10)9-16/h1-8,18H,9,17H2,(H,19,20,21)(H,22,23,24). The Kier molecular flexibility index (Phi) is 4.20. The van der Waals surface area contributed by atoms with E-state index in [1.165, 1.54) is 36.4 Å². The van der Waals surface area contributed by atoms with Crippen molar-refractivity contribution in [3.8, 4) is 5.75 Å². The van der Waals surface area contributed by atoms with Gasteiger partial charge in [-0.25, -0.2) is 0 Å². The Hall–Kier alpha value is -2.24. The van der Waals surface area contributed by atoms with Gasteiger partial charge in [0.15, 0.2) is 0 Å². The molecule has 10 heteroatoms. The molecule has 0 heterocycles. The maximum absolute atomic E-state index is 11.6. The zero-order valence-corrected chi connectivity index (χ0v) is 14.8. The van der Waals surface area contributed by atoms with E-state index in [1.807, 2.05) is 0 Å². The highest BCUT2D eigenvalue weighted by atomic mass is 32.2. The summed E-state index contributed by atoms with van der Waals surface area (Å²) in [5, 5.41) is 10.2. The monoisotopic (exact) mass is 397 g/mol. The van der Waals surface area contributed by atoms with Gasteiger partial charge in [-0.2, -0.15) is 16.8 Å². The van der Waals surface area contributed by atoms with Crippen molar-refractivity contribution in [2.24, 2.45) is 5.73 Å². The molecule has 1 unspecified atom stereocenters. The average molecular weight is 397 g/mol. The zero-order chi connectivity index (χ0) is 19.3. The summed E-state index contributed by atoms with van der Waals surface area (Å²) in [6.45, 7) is 0. The lowest BCUT2D eigenvalue weighted by Crippen LogP contribution is -2.39. The molecule has 0 bridgehead atoms. The molecule has 2 aromatic carbocycles. The largest absolute Gasteiger partial charge is 0.508 e. The van der Waals surface area contributed by atoms with E-state index in [2.05, 4.69) is 0 Å². The summed E-state index contributed by atoms with van der Waals surface area (Å²) in [7, 11) is -9.03. The lowest BCUT2D eigenvalue weighted by molar-refractivity contribution is 0.446. The summed E-state index contributed by atoms with van der Waals surface area (Å²) in [6.07, 6.45) is 2.82. The summed E-state index contributed by atoms with van der Waals surface area (Å²) >= 11 is 0. The summed E-state index contributed by atoms with van der Waals surface area (Å²) in [4.78, 5) is -0.828. The van der Waals surface area contributed by atoms with Gasteiger partial charge in [0.25, 0.3) is 20.2 Å². The maximum Gasteiger partial charge on any atom is 0.294 e. The molecule has 5 N–H and O–H groups in total. The number of phenols is 1. The van der Waals surface area contributed by atoms with Gasteiger partial charge < -0.3 is 10.8 Å². The first-order valence-corrected chi connectivity index (χ1v) is 10.2. The van der Waals surface area contributed by atoms with E-state index in [-0.39, 0.29) is 22.4 Å². The molecule has 138 valence electrons. The zero-order valence-electron chi connectivity index (χ0n) is 13.2. The number of hydrogen-bond acceptors (Lipinski definition) is 6. The van der Waals surface area contributed by atoms with Crippen LogP contribution in [0.15, 0.2) is 52.3 Å². The number of rotatable bonds is 3. The molecular weight excluding hydrogens is 382 g/mol. The molecule has 2 aromatic rings. The molecule has 1 aliphatic carbocycles. The van der Waals surface area contributed by atoms with Crippen molar-refractivity contribution < 1.29 is 31.0 Å². The number of fused-ring (bicyclic) bond motifs is 1. The highest BCUT2D eigenvalue weighted by Crippen LogP contribution is 2.39. The van der Waals surface area contributed by atoms with Crippen LogP contribution in [0.2, 0.25) is 0 Å². The van der Waals surface area contributed by atoms with E-state index in [9.17, 15) is 26.5 Å². The Bertz CT molecular complexity index is 1140. The molecule has 1 aliphatic rings. The fourth-order valence-electron chi connectivity index (χ4n) is 2.99. The van der Waals surface area contributed by atoms with E-state index < -0.39 is 36.4 Å². The van der Waals surface area contributed by atoms with Gasteiger partial charge in [0.2, 0.25) is 0 Å². The minimum atomic E-state index is -4.52. The lowest BCUT2D eigenvalue weighted by atomic mass is 9.79. The molecule has 0 saturated heterocycles. The van der Waals surface area contributed by atoms with E-state index in [4.69, 9.17) is 10.3 Å². The van der Waals surface area contributed by atoms with Crippen LogP contribution in [0.5, 0.6) is 5.75 Å². The van der Waals surface area contributed by atoms with E-state index in [0.717, 1.165) is 6.07 Å². The van der Waals surface area contributed by atoms with Gasteiger partial charge in [-0.3, -0.25) is 9.11 Å². The number of phenolic OH excluding ortho intramolecular Hbond substituents is 1. The first-order chi connectivity index (χ1) is 11.9. The van der Waals surface area contributed by atoms with Crippen LogP contribution in [0.25, 0.3) is 6.08 Å². The van der Waals surface area contributed by atoms with Crippen molar-refractivity contribution in [2.45, 2.75) is 21.8 Å². The van der Waals surface area contributed by atoms with Gasteiger partial charge in [0, 0.05) is 18.1 Å². The van der Waals surface area contributed by atoms with E-state index in [1.54, 1.807) is 6.07 Å². The van der Waals surface area contributed by atoms with Crippen LogP contribution >= 0.6 is 0 Å². The van der Waals surface area contributed by atoms with Crippen LogP contribution in [0, 0.1) is 0 Å². The number of nitrogens with two attached hydrogens (primary N) is 1. The average Bonchev–Trinajstić information content (AvgIpc) is 2.54. The van der Waals surface area contributed by atoms with Crippen LogP contribution < -0.4 is 5.73 Å². The maximum atomic E-state index is 11.6. The van der Waals surface area contributed by atoms with Crippen LogP contribution in [-0.2, 0) is 32.2 Å². The Balaban J connectivity index is 2.17. The molecule has 26 heavy (non-hydrogen) atoms. The van der Waals surface area contributed by atoms with Gasteiger partial charge in [0.1, 0.15) is 5.75 Å². The fourth-order valence-corrected chi connectivity index (χ4v) is 4.32. The number of aromatic hydroxyl groups is 1. The summed E-state index contributed by atoms with van der Waals surface area (Å²) in [6, 6.07) is 7.72. The van der Waals surface area contributed by atoms with Crippen molar-refractivity contribution in [1.29, 1.82) is 0 Å². The Morgan fingerprint density at radius 1 is 1.00 bits per heavy atom. The van der Waals surface area contributed by atoms with Crippen LogP contribution in [0.3, 0.4) is 0 Å². The Morgan fingerprint density at radius 3 is 2.27 bits per heavy atom. The highest BCUT2D eigenvalue weighted by Gasteiger charge is 2.35. The molecule has 0 aliphatic heterocycles. The minimum Gasteiger partial charge on any atom is -0.508 e. The SMILES string of the molecule is NC1(c2ccccc2S(=O)(=O)O)C=Cc2cc(S(=O)(=O)O)cc(O)c2C1. The van der Waals surface area contributed by atoms with Gasteiger partial charge in [-0.1, -0.05) is 30.4 Å². The van der Waals surface area contributed by atoms with Gasteiger partial charge >= 0.3 is 0 Å². The molecule has 0 aromatic heterocycles. The minimum absolute atomic E-state index is 0.0526. The van der Waals surface area contributed by atoms with Crippen molar-refractivity contribution in [3.05, 3.63) is 59.2 Å². The van der Waals surface area contributed by atoms with Crippen molar-refractivity contribution in [3.63, 3.8) is 0 Å². The number of hydrogen-bond donors (Lipinski definition) is 4. The topological polar surface area (TPSA) is 155 Å². The van der Waals surface area contributed by atoms with Crippen LogP contribution in [0.1, 0.15) is 16.7 Å². The second kappa shape index (κ2) is 5.89. The summed E-state index contributed by atoms with van der Waals surface area (Å²) in [5.74, 6) is -0.404. The Labute approximate surface area is 150 Å². The normalized spacial score (nSPS) is 20.0. The van der Waals surface area contributed by atoms with Crippen LogP contribution in [-0.4, -0.2) is 31.0 Å². The molecule has 1 atom stereocenters. The second-order valence-electron chi connectivity index (χ2n) is 6.01. The molecule has 0 amide bonds. The van der Waals surface area contributed by atoms with Crippen molar-refractivity contribution in [1.82, 2.24) is 0 Å². The van der Waals surface area contributed by atoms with Gasteiger partial charge in [0.05, 0.1) is 15.3 Å². The third-order valence-corrected chi connectivity index (χ3v) is 5.97. The number of benzene rings is 2. The molecular formula is C16H15NO7S2. The fraction of sp³-hybridized carbons (Fsp3) is 0.125. The van der Waals surface area contributed by atoms with E-state index in [0.29, 0.717) is 5.56 Å². The molecule has 3 rings (SSSR count). The third-order valence-electron chi connectivity index (χ3n) is 4.23. The second-order valence-corrected chi connectivity index (χ2v) is 8.82. The first kappa shape index (κ1) is 18.5. The molecule has 0 saturated carbocycles. The third kappa shape index (κ3) is 3.24. The predicted molar refractivity (Wildman–Crippen MR) is 92.8 cm³/mol. The lowest BCUT2D eigenvalue weighted by Gasteiger charge is -2.32. The molecule has 0 fully saturated rings. The van der Waals surface area contributed by atoms with E-state index >= 15 is 0 Å².